The van der Waals surface area contributed by atoms with E-state index in [0.29, 0.717) is 5.92 Å². The van der Waals surface area contributed by atoms with Crippen molar-refractivity contribution in [1.29, 1.82) is 0 Å². The second-order valence-corrected chi connectivity index (χ2v) is 14.9. The van der Waals surface area contributed by atoms with Gasteiger partial charge in [0.05, 0.1) is 0 Å². The van der Waals surface area contributed by atoms with Gasteiger partial charge >= 0.3 is 0 Å². The molecule has 0 amide bonds. The molecule has 4 heteroatoms. The van der Waals surface area contributed by atoms with Gasteiger partial charge in [-0.15, -0.1) is 0 Å². The quantitative estimate of drug-likeness (QED) is 0.161. The zero-order chi connectivity index (χ0) is 32.1. The molecule has 2 nitrogen and oxygen atoms in total. The minimum absolute atomic E-state index is 0.705. The van der Waals surface area contributed by atoms with E-state index in [4.69, 9.17) is 0 Å². The number of aryl methyl sites for hydroxylation is 2. The molecule has 1 saturated carbocycles. The van der Waals surface area contributed by atoms with Crippen LogP contribution in [0.3, 0.4) is 0 Å². The molecule has 0 aliphatic heterocycles. The molecule has 2 unspecified atom stereocenters. The van der Waals surface area contributed by atoms with Crippen molar-refractivity contribution in [2.45, 2.75) is 44.9 Å². The molecular weight excluding hydrogens is 704 g/mol. The van der Waals surface area contributed by atoms with Crippen molar-refractivity contribution in [2.75, 3.05) is 9.80 Å². The fourth-order valence-electron chi connectivity index (χ4n) is 7.51. The lowest BCUT2D eigenvalue weighted by atomic mass is 9.89. The molecule has 2 aliphatic carbocycles. The number of halogens is 2. The SMILES string of the molecule is Cc1ccc(N(c2ccc(C)cc2)c2cc(-c3ccc4c(c3)C3CCC4C3)cc(N(c3ccc(Br)cc3)c3ccc(Br)cc3)c2)cc1. The zero-order valence-corrected chi connectivity index (χ0v) is 29.8. The Morgan fingerprint density at radius 3 is 1.32 bits per heavy atom. The van der Waals surface area contributed by atoms with Gasteiger partial charge in [-0.1, -0.05) is 85.5 Å². The second-order valence-electron chi connectivity index (χ2n) is 13.1. The van der Waals surface area contributed by atoms with Gasteiger partial charge in [0.25, 0.3) is 0 Å². The minimum Gasteiger partial charge on any atom is -0.310 e. The lowest BCUT2D eigenvalue weighted by Crippen LogP contribution is -2.13. The normalized spacial score (nSPS) is 16.3. The highest BCUT2D eigenvalue weighted by molar-refractivity contribution is 9.10. The molecule has 0 radical (unpaired) electrons. The first-order valence-electron chi connectivity index (χ1n) is 16.4. The highest BCUT2D eigenvalue weighted by atomic mass is 79.9. The van der Waals surface area contributed by atoms with Gasteiger partial charge in [-0.3, -0.25) is 0 Å². The molecule has 1 fully saturated rings. The van der Waals surface area contributed by atoms with Gasteiger partial charge < -0.3 is 9.80 Å². The van der Waals surface area contributed by atoms with Crippen molar-refractivity contribution in [3.05, 3.63) is 165 Å². The van der Waals surface area contributed by atoms with Crippen molar-refractivity contribution < 1.29 is 0 Å². The Balaban J connectivity index is 1.37. The maximum absolute atomic E-state index is 3.66. The summed E-state index contributed by atoms with van der Waals surface area (Å²) < 4.78 is 2.12. The zero-order valence-electron chi connectivity index (χ0n) is 26.6. The first kappa shape index (κ1) is 30.2. The van der Waals surface area contributed by atoms with Crippen LogP contribution < -0.4 is 9.80 Å². The molecule has 0 aromatic heterocycles. The van der Waals surface area contributed by atoms with E-state index in [1.807, 2.05) is 0 Å². The average molecular weight is 741 g/mol. The van der Waals surface area contributed by atoms with Gasteiger partial charge in [0.1, 0.15) is 0 Å². The van der Waals surface area contributed by atoms with Crippen LogP contribution in [0.15, 0.2) is 142 Å². The van der Waals surface area contributed by atoms with Crippen molar-refractivity contribution in [2.24, 2.45) is 0 Å². The van der Waals surface area contributed by atoms with Gasteiger partial charge in [0, 0.05) is 43.1 Å². The summed E-state index contributed by atoms with van der Waals surface area (Å²) in [5.41, 5.74) is 14.8. The molecule has 2 aliphatic rings. The first-order chi connectivity index (χ1) is 22.9. The summed E-state index contributed by atoms with van der Waals surface area (Å²) in [4.78, 5) is 4.76. The summed E-state index contributed by atoms with van der Waals surface area (Å²) in [5.74, 6) is 1.45. The van der Waals surface area contributed by atoms with E-state index in [-0.39, 0.29) is 0 Å². The van der Waals surface area contributed by atoms with Crippen LogP contribution in [0, 0.1) is 13.8 Å². The number of nitrogens with zero attached hydrogens (tertiary/aromatic N) is 2. The number of hydrogen-bond donors (Lipinski definition) is 0. The van der Waals surface area contributed by atoms with Crippen LogP contribution in [-0.4, -0.2) is 0 Å². The van der Waals surface area contributed by atoms with E-state index in [0.717, 1.165) is 49.0 Å². The fraction of sp³-hybridized carbons (Fsp3) is 0.163. The molecule has 0 saturated heterocycles. The van der Waals surface area contributed by atoms with Gasteiger partial charge in [-0.2, -0.15) is 0 Å². The average Bonchev–Trinajstić information content (AvgIpc) is 3.72. The van der Waals surface area contributed by atoms with E-state index in [9.17, 15) is 0 Å². The summed E-state index contributed by atoms with van der Waals surface area (Å²) in [6, 6.07) is 49.3. The predicted octanol–water partition coefficient (Wildman–Crippen LogP) is 13.8. The molecule has 6 aromatic carbocycles. The highest BCUT2D eigenvalue weighted by Crippen LogP contribution is 2.54. The maximum Gasteiger partial charge on any atom is 0.0488 e. The second kappa shape index (κ2) is 12.5. The Kier molecular flexibility index (Phi) is 8.03. The Morgan fingerprint density at radius 1 is 0.426 bits per heavy atom. The van der Waals surface area contributed by atoms with Crippen molar-refractivity contribution >= 4 is 66.0 Å². The van der Waals surface area contributed by atoms with Gasteiger partial charge in [0.15, 0.2) is 0 Å². The lowest BCUT2D eigenvalue weighted by Gasteiger charge is -2.30. The maximum atomic E-state index is 3.66. The molecule has 8 rings (SSSR count). The number of fused-ring (bicyclic) bond motifs is 5. The first-order valence-corrected chi connectivity index (χ1v) is 18.0. The third-order valence-electron chi connectivity index (χ3n) is 9.91. The summed E-state index contributed by atoms with van der Waals surface area (Å²) in [6.45, 7) is 4.29. The molecule has 0 spiro atoms. The number of anilines is 6. The number of rotatable bonds is 7. The molecule has 232 valence electrons. The van der Waals surface area contributed by atoms with E-state index < -0.39 is 0 Å². The largest absolute Gasteiger partial charge is 0.310 e. The monoisotopic (exact) mass is 738 g/mol. The molecular formula is C43H36Br2N2. The summed E-state index contributed by atoms with van der Waals surface area (Å²) in [7, 11) is 0. The van der Waals surface area contributed by atoms with Crippen LogP contribution in [0.25, 0.3) is 11.1 Å². The minimum atomic E-state index is 0.705. The fourth-order valence-corrected chi connectivity index (χ4v) is 8.04. The Bertz CT molecular complexity index is 1840. The summed E-state index contributed by atoms with van der Waals surface area (Å²) in [5, 5.41) is 0. The third-order valence-corrected chi connectivity index (χ3v) is 11.0. The van der Waals surface area contributed by atoms with Gasteiger partial charge in [-0.05, 0) is 158 Å². The van der Waals surface area contributed by atoms with Crippen molar-refractivity contribution in [3.8, 4) is 11.1 Å². The van der Waals surface area contributed by atoms with E-state index >= 15 is 0 Å². The standard InChI is InChI=1S/C43H36Br2N2/c1-28-3-14-36(15-4-28)46(37-16-5-29(2)6-17-37)40-24-33(30-9-22-42-31-7-8-32(23-31)43(42)26-30)25-41(27-40)47(38-18-10-34(44)11-19-38)39-20-12-35(45)13-21-39/h3-6,9-22,24-27,31-32H,7-8,23H2,1-2H3. The molecule has 0 heterocycles. The molecule has 2 bridgehead atoms. The van der Waals surface area contributed by atoms with E-state index in [1.54, 1.807) is 11.1 Å². The smallest absolute Gasteiger partial charge is 0.0488 e. The van der Waals surface area contributed by atoms with Crippen LogP contribution >= 0.6 is 31.9 Å². The summed E-state index contributed by atoms with van der Waals surface area (Å²) >= 11 is 7.32. The Labute approximate surface area is 295 Å². The highest BCUT2D eigenvalue weighted by Gasteiger charge is 2.36. The van der Waals surface area contributed by atoms with Crippen LogP contribution in [-0.2, 0) is 0 Å². The number of hydrogen-bond acceptors (Lipinski definition) is 2. The molecule has 2 atom stereocenters. The van der Waals surface area contributed by atoms with Crippen molar-refractivity contribution in [3.63, 3.8) is 0 Å². The van der Waals surface area contributed by atoms with Gasteiger partial charge in [0.2, 0.25) is 0 Å². The van der Waals surface area contributed by atoms with Crippen LogP contribution in [0.2, 0.25) is 0 Å². The Hall–Kier alpha value is -4.12. The van der Waals surface area contributed by atoms with E-state index in [2.05, 4.69) is 189 Å². The van der Waals surface area contributed by atoms with Gasteiger partial charge in [-0.25, -0.2) is 0 Å². The van der Waals surface area contributed by atoms with Crippen LogP contribution in [0.5, 0.6) is 0 Å². The predicted molar refractivity (Wildman–Crippen MR) is 205 cm³/mol. The van der Waals surface area contributed by atoms with Crippen LogP contribution in [0.4, 0.5) is 34.1 Å². The lowest BCUT2D eigenvalue weighted by molar-refractivity contribution is 0.718. The Morgan fingerprint density at radius 2 is 0.851 bits per heavy atom. The number of benzene rings is 6. The molecule has 47 heavy (non-hydrogen) atoms. The van der Waals surface area contributed by atoms with Crippen molar-refractivity contribution in [1.82, 2.24) is 0 Å². The summed E-state index contributed by atoms with van der Waals surface area (Å²) in [6.07, 6.45) is 3.98. The van der Waals surface area contributed by atoms with E-state index in [1.165, 1.54) is 41.5 Å². The van der Waals surface area contributed by atoms with Crippen LogP contribution in [0.1, 0.15) is 53.4 Å². The molecule has 0 N–H and O–H groups in total. The third kappa shape index (κ3) is 5.94. The molecule has 6 aromatic rings. The topological polar surface area (TPSA) is 6.48 Å².